The lowest BCUT2D eigenvalue weighted by atomic mass is 10.1. The van der Waals surface area contributed by atoms with E-state index in [1.165, 1.54) is 7.05 Å². The minimum Gasteiger partial charge on any atom is -0.396 e. The summed E-state index contributed by atoms with van der Waals surface area (Å²) in [4.78, 5) is 10.9. The highest BCUT2D eigenvalue weighted by atomic mass is 16.3. The first kappa shape index (κ1) is 11.4. The largest absolute Gasteiger partial charge is 0.396 e. The summed E-state index contributed by atoms with van der Waals surface area (Å²) in [7, 11) is 3.09. The number of aliphatic hydroxyl groups excluding tert-OH is 2. The van der Waals surface area contributed by atoms with Gasteiger partial charge in [-0.05, 0) is 13.5 Å². The molecule has 0 fully saturated rings. The summed E-state index contributed by atoms with van der Waals surface area (Å²) >= 11 is 0. The Bertz CT molecular complexity index is 141. The molecule has 0 aliphatic rings. The third-order valence-corrected chi connectivity index (χ3v) is 1.71. The Labute approximate surface area is 71.8 Å². The van der Waals surface area contributed by atoms with Crippen LogP contribution in [0.2, 0.25) is 0 Å². The highest BCUT2D eigenvalue weighted by Gasteiger charge is 2.22. The third kappa shape index (κ3) is 3.17. The molecule has 0 aromatic rings. The van der Waals surface area contributed by atoms with E-state index in [2.05, 4.69) is 10.6 Å². The van der Waals surface area contributed by atoms with Crippen LogP contribution in [0.15, 0.2) is 0 Å². The molecule has 0 aliphatic heterocycles. The molecule has 5 nitrogen and oxygen atoms in total. The maximum absolute atomic E-state index is 10.9. The Morgan fingerprint density at radius 2 is 2.08 bits per heavy atom. The molecule has 1 amide bonds. The molecule has 5 heteroatoms. The van der Waals surface area contributed by atoms with Crippen molar-refractivity contribution in [1.29, 1.82) is 0 Å². The van der Waals surface area contributed by atoms with Gasteiger partial charge in [0, 0.05) is 19.7 Å². The van der Waals surface area contributed by atoms with Crippen LogP contribution in [0.4, 0.5) is 0 Å². The second kappa shape index (κ2) is 5.93. The van der Waals surface area contributed by atoms with Crippen LogP contribution in [0.25, 0.3) is 0 Å². The van der Waals surface area contributed by atoms with E-state index < -0.39 is 18.1 Å². The standard InChI is InChI=1S/C7H16N2O3/c1-8-5(3-4-10)6(11)7(12)9-2/h5-6,8,10-11H,3-4H2,1-2H3,(H,9,12). The summed E-state index contributed by atoms with van der Waals surface area (Å²) in [5.41, 5.74) is 0. The number of hydrogen-bond acceptors (Lipinski definition) is 4. The van der Waals surface area contributed by atoms with Gasteiger partial charge >= 0.3 is 0 Å². The Kier molecular flexibility index (Phi) is 5.61. The maximum Gasteiger partial charge on any atom is 0.250 e. The van der Waals surface area contributed by atoms with Crippen molar-refractivity contribution in [3.8, 4) is 0 Å². The molecule has 2 atom stereocenters. The van der Waals surface area contributed by atoms with Crippen molar-refractivity contribution in [1.82, 2.24) is 10.6 Å². The number of aliphatic hydroxyl groups is 2. The van der Waals surface area contributed by atoms with E-state index in [0.717, 1.165) is 0 Å². The molecule has 0 aromatic carbocycles. The molecule has 12 heavy (non-hydrogen) atoms. The molecule has 2 unspecified atom stereocenters. The fourth-order valence-corrected chi connectivity index (χ4v) is 0.930. The number of carbonyl (C=O) groups excluding carboxylic acids is 1. The molecule has 0 saturated carbocycles. The minimum absolute atomic E-state index is 0.0560. The van der Waals surface area contributed by atoms with Crippen LogP contribution in [0, 0.1) is 0 Å². The van der Waals surface area contributed by atoms with Gasteiger partial charge in [-0.2, -0.15) is 0 Å². The molecular weight excluding hydrogens is 160 g/mol. The predicted octanol–water partition coefficient (Wildman–Crippen LogP) is -1.94. The second-order valence-electron chi connectivity index (χ2n) is 2.47. The third-order valence-electron chi connectivity index (χ3n) is 1.71. The molecule has 0 aromatic heterocycles. The summed E-state index contributed by atoms with van der Waals surface area (Å²) < 4.78 is 0. The highest BCUT2D eigenvalue weighted by Crippen LogP contribution is 1.97. The van der Waals surface area contributed by atoms with E-state index in [9.17, 15) is 9.90 Å². The Morgan fingerprint density at radius 1 is 1.50 bits per heavy atom. The lowest BCUT2D eigenvalue weighted by Crippen LogP contribution is -2.47. The lowest BCUT2D eigenvalue weighted by Gasteiger charge is -2.19. The first-order valence-corrected chi connectivity index (χ1v) is 3.85. The minimum atomic E-state index is -1.10. The van der Waals surface area contributed by atoms with Gasteiger partial charge in [-0.25, -0.2) is 0 Å². The quantitative estimate of drug-likeness (QED) is 0.393. The van der Waals surface area contributed by atoms with Crippen LogP contribution in [-0.2, 0) is 4.79 Å². The van der Waals surface area contributed by atoms with Crippen LogP contribution < -0.4 is 10.6 Å². The van der Waals surface area contributed by atoms with Gasteiger partial charge in [0.05, 0.1) is 0 Å². The zero-order valence-corrected chi connectivity index (χ0v) is 7.37. The van der Waals surface area contributed by atoms with Gasteiger partial charge in [0.1, 0.15) is 6.10 Å². The van der Waals surface area contributed by atoms with E-state index >= 15 is 0 Å². The number of carbonyl (C=O) groups is 1. The number of likely N-dealkylation sites (N-methyl/N-ethyl adjacent to an activating group) is 2. The average molecular weight is 176 g/mol. The normalized spacial score (nSPS) is 15.3. The zero-order valence-electron chi connectivity index (χ0n) is 7.37. The van der Waals surface area contributed by atoms with Gasteiger partial charge in [-0.3, -0.25) is 4.79 Å². The second-order valence-corrected chi connectivity index (χ2v) is 2.47. The Morgan fingerprint density at radius 3 is 2.42 bits per heavy atom. The Hall–Kier alpha value is -0.650. The average Bonchev–Trinajstić information content (AvgIpc) is 2.11. The lowest BCUT2D eigenvalue weighted by molar-refractivity contribution is -0.130. The number of hydrogen-bond donors (Lipinski definition) is 4. The van der Waals surface area contributed by atoms with Crippen LogP contribution in [0.3, 0.4) is 0 Å². The van der Waals surface area contributed by atoms with Gasteiger partial charge in [-0.1, -0.05) is 0 Å². The molecule has 0 spiro atoms. The monoisotopic (exact) mass is 176 g/mol. The molecule has 0 bridgehead atoms. The fourth-order valence-electron chi connectivity index (χ4n) is 0.930. The van der Waals surface area contributed by atoms with Crippen molar-refractivity contribution in [2.45, 2.75) is 18.6 Å². The molecule has 0 radical (unpaired) electrons. The first-order valence-electron chi connectivity index (χ1n) is 3.85. The van der Waals surface area contributed by atoms with E-state index in [1.54, 1.807) is 7.05 Å². The van der Waals surface area contributed by atoms with Crippen LogP contribution in [-0.4, -0.2) is 49.0 Å². The van der Waals surface area contributed by atoms with E-state index in [4.69, 9.17) is 5.11 Å². The molecule has 0 saturated heterocycles. The van der Waals surface area contributed by atoms with Crippen molar-refractivity contribution >= 4 is 5.91 Å². The zero-order chi connectivity index (χ0) is 9.56. The van der Waals surface area contributed by atoms with Crippen molar-refractivity contribution < 1.29 is 15.0 Å². The maximum atomic E-state index is 10.9. The molecular formula is C7H16N2O3. The molecule has 0 aliphatic carbocycles. The van der Waals surface area contributed by atoms with Gasteiger partial charge in [0.2, 0.25) is 5.91 Å². The summed E-state index contributed by atoms with van der Waals surface area (Å²) in [6.45, 7) is -0.0560. The fraction of sp³-hybridized carbons (Fsp3) is 0.857. The van der Waals surface area contributed by atoms with E-state index in [1.807, 2.05) is 0 Å². The SMILES string of the molecule is CNC(=O)C(O)C(CCO)NC. The molecule has 4 N–H and O–H groups in total. The summed E-state index contributed by atoms with van der Waals surface area (Å²) in [6, 6.07) is -0.394. The van der Waals surface area contributed by atoms with Crippen molar-refractivity contribution in [2.24, 2.45) is 0 Å². The van der Waals surface area contributed by atoms with E-state index in [0.29, 0.717) is 6.42 Å². The van der Waals surface area contributed by atoms with Crippen LogP contribution >= 0.6 is 0 Å². The first-order chi connectivity index (χ1) is 5.67. The van der Waals surface area contributed by atoms with Gasteiger partial charge in [0.15, 0.2) is 0 Å². The van der Waals surface area contributed by atoms with Gasteiger partial charge in [-0.15, -0.1) is 0 Å². The highest BCUT2D eigenvalue weighted by molar-refractivity contribution is 5.80. The molecule has 0 heterocycles. The van der Waals surface area contributed by atoms with Crippen LogP contribution in [0.1, 0.15) is 6.42 Å². The number of rotatable bonds is 5. The van der Waals surface area contributed by atoms with Crippen molar-refractivity contribution in [3.63, 3.8) is 0 Å². The molecule has 72 valence electrons. The van der Waals surface area contributed by atoms with Gasteiger partial charge in [0.25, 0.3) is 0 Å². The molecule has 0 rings (SSSR count). The van der Waals surface area contributed by atoms with Crippen LogP contribution in [0.5, 0.6) is 0 Å². The van der Waals surface area contributed by atoms with Crippen molar-refractivity contribution in [3.05, 3.63) is 0 Å². The van der Waals surface area contributed by atoms with Crippen molar-refractivity contribution in [2.75, 3.05) is 20.7 Å². The summed E-state index contributed by atoms with van der Waals surface area (Å²) in [5, 5.41) is 23.0. The topological polar surface area (TPSA) is 81.6 Å². The number of nitrogens with one attached hydrogen (secondary N) is 2. The number of amides is 1. The predicted molar refractivity (Wildman–Crippen MR) is 44.6 cm³/mol. The van der Waals surface area contributed by atoms with E-state index in [-0.39, 0.29) is 6.61 Å². The smallest absolute Gasteiger partial charge is 0.250 e. The summed E-state index contributed by atoms with van der Waals surface area (Å²) in [6.07, 6.45) is -0.752. The Balaban J connectivity index is 4.00. The summed E-state index contributed by atoms with van der Waals surface area (Å²) in [5.74, 6) is -0.442. The van der Waals surface area contributed by atoms with Gasteiger partial charge < -0.3 is 20.8 Å².